The minimum atomic E-state index is -0.193. The smallest absolute Gasteiger partial charge is 0.230 e. The van der Waals surface area contributed by atoms with Crippen LogP contribution in [0.1, 0.15) is 28.5 Å². The Morgan fingerprint density at radius 1 is 1.14 bits per heavy atom. The van der Waals surface area contributed by atoms with Crippen molar-refractivity contribution >= 4 is 22.9 Å². The van der Waals surface area contributed by atoms with Gasteiger partial charge in [0.25, 0.3) is 0 Å². The summed E-state index contributed by atoms with van der Waals surface area (Å²) in [6, 6.07) is 20.0. The molecule has 2 heterocycles. The Kier molecular flexibility index (Phi) is 5.74. The van der Waals surface area contributed by atoms with Gasteiger partial charge in [-0.15, -0.1) is 11.3 Å². The van der Waals surface area contributed by atoms with E-state index in [1.807, 2.05) is 52.7 Å². The normalized spacial score (nSPS) is 15.7. The van der Waals surface area contributed by atoms with Crippen molar-refractivity contribution in [3.8, 4) is 5.75 Å². The molecule has 1 unspecified atom stereocenters. The molecule has 144 valence electrons. The van der Waals surface area contributed by atoms with Gasteiger partial charge in [-0.3, -0.25) is 4.79 Å². The first-order valence-corrected chi connectivity index (χ1v) is 10.3. The maximum absolute atomic E-state index is 13.3. The van der Waals surface area contributed by atoms with Crippen molar-refractivity contribution < 1.29 is 14.3 Å². The highest BCUT2D eigenvalue weighted by molar-refractivity contribution is 7.09. The number of anilines is 1. The summed E-state index contributed by atoms with van der Waals surface area (Å²) in [6.45, 7) is 1.21. The van der Waals surface area contributed by atoms with Crippen molar-refractivity contribution in [1.29, 1.82) is 0 Å². The van der Waals surface area contributed by atoms with Gasteiger partial charge in [0.2, 0.25) is 5.91 Å². The SMILES string of the molecule is COc1ccc(N(Cc2cccs2)C(=O)CC2OCCc3ccccc32)cc1. The van der Waals surface area contributed by atoms with Crippen LogP contribution in [0.15, 0.2) is 66.0 Å². The molecule has 1 amide bonds. The number of amides is 1. The topological polar surface area (TPSA) is 38.8 Å². The average Bonchev–Trinajstić information content (AvgIpc) is 3.26. The van der Waals surface area contributed by atoms with E-state index in [1.165, 1.54) is 5.56 Å². The summed E-state index contributed by atoms with van der Waals surface area (Å²) in [6.07, 6.45) is 1.04. The Morgan fingerprint density at radius 2 is 1.96 bits per heavy atom. The number of hydrogen-bond donors (Lipinski definition) is 0. The molecular weight excluding hydrogens is 370 g/mol. The van der Waals surface area contributed by atoms with Gasteiger partial charge in [-0.05, 0) is 53.3 Å². The van der Waals surface area contributed by atoms with E-state index in [0.717, 1.165) is 28.3 Å². The molecule has 0 saturated carbocycles. The summed E-state index contributed by atoms with van der Waals surface area (Å²) >= 11 is 1.66. The molecule has 1 aliphatic rings. The van der Waals surface area contributed by atoms with Crippen LogP contribution in [0.5, 0.6) is 5.75 Å². The van der Waals surface area contributed by atoms with Crippen LogP contribution in [-0.4, -0.2) is 19.6 Å². The van der Waals surface area contributed by atoms with Crippen molar-refractivity contribution in [2.24, 2.45) is 0 Å². The molecule has 1 aromatic heterocycles. The number of benzene rings is 2. The number of hydrogen-bond acceptors (Lipinski definition) is 4. The van der Waals surface area contributed by atoms with Crippen LogP contribution in [0.4, 0.5) is 5.69 Å². The molecule has 3 aromatic rings. The molecule has 0 radical (unpaired) electrons. The maximum Gasteiger partial charge on any atom is 0.230 e. The number of carbonyl (C=O) groups is 1. The zero-order valence-corrected chi connectivity index (χ0v) is 16.7. The van der Waals surface area contributed by atoms with E-state index in [9.17, 15) is 4.79 Å². The zero-order chi connectivity index (χ0) is 19.3. The number of carbonyl (C=O) groups excluding carboxylic acids is 1. The lowest BCUT2D eigenvalue weighted by Gasteiger charge is -2.29. The molecule has 0 N–H and O–H groups in total. The number of nitrogens with zero attached hydrogens (tertiary/aromatic N) is 1. The van der Waals surface area contributed by atoms with Gasteiger partial charge >= 0.3 is 0 Å². The van der Waals surface area contributed by atoms with Crippen molar-refractivity contribution in [3.63, 3.8) is 0 Å². The van der Waals surface area contributed by atoms with Crippen LogP contribution in [0.25, 0.3) is 0 Å². The lowest BCUT2D eigenvalue weighted by Crippen LogP contribution is -2.32. The van der Waals surface area contributed by atoms with Gasteiger partial charge in [-0.2, -0.15) is 0 Å². The van der Waals surface area contributed by atoms with Gasteiger partial charge in [0.05, 0.1) is 32.8 Å². The first kappa shape index (κ1) is 18.7. The summed E-state index contributed by atoms with van der Waals surface area (Å²) in [7, 11) is 1.64. The Hall–Kier alpha value is -2.63. The Balaban J connectivity index is 1.58. The largest absolute Gasteiger partial charge is 0.497 e. The highest BCUT2D eigenvalue weighted by atomic mass is 32.1. The van der Waals surface area contributed by atoms with E-state index in [1.54, 1.807) is 18.4 Å². The van der Waals surface area contributed by atoms with E-state index in [0.29, 0.717) is 19.6 Å². The molecule has 28 heavy (non-hydrogen) atoms. The number of ether oxygens (including phenoxy) is 2. The first-order valence-electron chi connectivity index (χ1n) is 9.41. The van der Waals surface area contributed by atoms with E-state index in [-0.39, 0.29) is 12.0 Å². The van der Waals surface area contributed by atoms with E-state index >= 15 is 0 Å². The van der Waals surface area contributed by atoms with Crippen LogP contribution in [0.3, 0.4) is 0 Å². The Morgan fingerprint density at radius 3 is 2.71 bits per heavy atom. The lowest BCUT2D eigenvalue weighted by molar-refractivity contribution is -0.122. The van der Waals surface area contributed by atoms with E-state index < -0.39 is 0 Å². The minimum Gasteiger partial charge on any atom is -0.497 e. The van der Waals surface area contributed by atoms with Crippen LogP contribution >= 0.6 is 11.3 Å². The standard InChI is InChI=1S/C23H23NO3S/c1-26-19-10-8-18(9-11-19)24(16-20-6-4-14-28-20)23(25)15-22-21-7-3-2-5-17(21)12-13-27-22/h2-11,14,22H,12-13,15-16H2,1H3. The Labute approximate surface area is 169 Å². The summed E-state index contributed by atoms with van der Waals surface area (Å²) in [5.41, 5.74) is 3.28. The van der Waals surface area contributed by atoms with Gasteiger partial charge in [0.1, 0.15) is 5.75 Å². The fourth-order valence-electron chi connectivity index (χ4n) is 3.56. The van der Waals surface area contributed by atoms with Gasteiger partial charge in [-0.1, -0.05) is 30.3 Å². The zero-order valence-electron chi connectivity index (χ0n) is 15.8. The molecule has 5 heteroatoms. The second-order valence-corrected chi connectivity index (χ2v) is 7.80. The third kappa shape index (κ3) is 4.11. The number of thiophene rings is 1. The summed E-state index contributed by atoms with van der Waals surface area (Å²) in [5.74, 6) is 0.831. The van der Waals surface area contributed by atoms with E-state index in [4.69, 9.17) is 9.47 Å². The molecule has 0 aliphatic carbocycles. The average molecular weight is 394 g/mol. The number of rotatable bonds is 6. The van der Waals surface area contributed by atoms with E-state index in [2.05, 4.69) is 18.2 Å². The quantitative estimate of drug-likeness (QED) is 0.592. The van der Waals surface area contributed by atoms with Crippen molar-refractivity contribution in [2.45, 2.75) is 25.5 Å². The maximum atomic E-state index is 13.3. The third-order valence-corrected chi connectivity index (χ3v) is 5.89. The van der Waals surface area contributed by atoms with Crippen LogP contribution in [0.2, 0.25) is 0 Å². The van der Waals surface area contributed by atoms with Gasteiger partial charge in [-0.25, -0.2) is 0 Å². The molecule has 0 saturated heterocycles. The fourth-order valence-corrected chi connectivity index (χ4v) is 4.25. The predicted molar refractivity (Wildman–Crippen MR) is 112 cm³/mol. The summed E-state index contributed by atoms with van der Waals surface area (Å²) in [5, 5.41) is 2.03. The first-order chi connectivity index (χ1) is 13.7. The molecular formula is C23H23NO3S. The highest BCUT2D eigenvalue weighted by Crippen LogP contribution is 2.31. The van der Waals surface area contributed by atoms with Gasteiger partial charge in [0.15, 0.2) is 0 Å². The number of fused-ring (bicyclic) bond motifs is 1. The number of methoxy groups -OCH3 is 1. The molecule has 0 bridgehead atoms. The fraction of sp³-hybridized carbons (Fsp3) is 0.261. The predicted octanol–water partition coefficient (Wildman–Crippen LogP) is 4.99. The highest BCUT2D eigenvalue weighted by Gasteiger charge is 2.26. The monoisotopic (exact) mass is 393 g/mol. The second-order valence-electron chi connectivity index (χ2n) is 6.77. The van der Waals surface area contributed by atoms with Crippen LogP contribution < -0.4 is 9.64 Å². The minimum absolute atomic E-state index is 0.0558. The Bertz CT molecular complexity index is 921. The molecule has 0 spiro atoms. The van der Waals surface area contributed by atoms with Crippen LogP contribution in [-0.2, 0) is 22.5 Å². The van der Waals surface area contributed by atoms with Crippen molar-refractivity contribution in [3.05, 3.63) is 82.0 Å². The molecule has 1 aliphatic heterocycles. The molecule has 4 rings (SSSR count). The lowest BCUT2D eigenvalue weighted by atomic mass is 9.95. The van der Waals surface area contributed by atoms with Crippen LogP contribution in [0, 0.1) is 0 Å². The summed E-state index contributed by atoms with van der Waals surface area (Å²) < 4.78 is 11.2. The van der Waals surface area contributed by atoms with Gasteiger partial charge in [0, 0.05) is 10.6 Å². The molecule has 2 aromatic carbocycles. The van der Waals surface area contributed by atoms with Crippen molar-refractivity contribution in [1.82, 2.24) is 0 Å². The van der Waals surface area contributed by atoms with Crippen molar-refractivity contribution in [2.75, 3.05) is 18.6 Å². The molecule has 0 fully saturated rings. The molecule has 4 nitrogen and oxygen atoms in total. The van der Waals surface area contributed by atoms with Gasteiger partial charge < -0.3 is 14.4 Å². The third-order valence-electron chi connectivity index (χ3n) is 5.03. The molecule has 1 atom stereocenters. The second kappa shape index (κ2) is 8.59. The summed E-state index contributed by atoms with van der Waals surface area (Å²) in [4.78, 5) is 16.3.